The predicted molar refractivity (Wildman–Crippen MR) is 96.4 cm³/mol. The molecule has 1 atom stereocenters. The number of fused-ring (bicyclic) bond motifs is 1. The molecule has 0 unspecified atom stereocenters. The first-order chi connectivity index (χ1) is 12.9. The Hall–Kier alpha value is -3.16. The topological polar surface area (TPSA) is 76.4 Å². The van der Waals surface area contributed by atoms with E-state index in [1.807, 2.05) is 0 Å². The van der Waals surface area contributed by atoms with Crippen molar-refractivity contribution >= 4 is 16.9 Å². The van der Waals surface area contributed by atoms with Gasteiger partial charge in [-0.2, -0.15) is 8.78 Å². The molecule has 0 saturated carbocycles. The lowest BCUT2D eigenvalue weighted by Crippen LogP contribution is -2.28. The Morgan fingerprint density at radius 1 is 1.30 bits per heavy atom. The van der Waals surface area contributed by atoms with Crippen LogP contribution in [-0.2, 0) is 0 Å². The van der Waals surface area contributed by atoms with Gasteiger partial charge in [0.15, 0.2) is 0 Å². The first kappa shape index (κ1) is 18.6. The van der Waals surface area contributed by atoms with Gasteiger partial charge < -0.3 is 15.2 Å². The molecule has 3 rings (SSSR count). The van der Waals surface area contributed by atoms with Crippen molar-refractivity contribution in [2.45, 2.75) is 19.4 Å². The molecule has 27 heavy (non-hydrogen) atoms. The average molecular weight is 375 g/mol. The standard InChI is InChI=1S/C19H19F2N3O3/c1-11(10-22-18(26)13-8-7-12(27-2)9-16(13)25)17-23-14-5-3-4-6-15(14)24(17)19(20)21/h3-9,11,19,25H,10H2,1-2H3,(H,22,26)/t11-/m0/s1. The SMILES string of the molecule is COc1ccc(C(=O)NC[C@H](C)c2nc3ccccc3n2C(F)F)c(O)c1. The number of nitrogens with one attached hydrogen (secondary N) is 1. The van der Waals surface area contributed by atoms with Crippen molar-refractivity contribution in [3.63, 3.8) is 0 Å². The number of carbonyl (C=O) groups excluding carboxylic acids is 1. The Kier molecular flexibility index (Phi) is 5.25. The zero-order valence-corrected chi connectivity index (χ0v) is 14.8. The Morgan fingerprint density at radius 2 is 2.04 bits per heavy atom. The third-order valence-electron chi connectivity index (χ3n) is 4.28. The molecule has 0 spiro atoms. The summed E-state index contributed by atoms with van der Waals surface area (Å²) in [6, 6.07) is 11.0. The maximum Gasteiger partial charge on any atom is 0.320 e. The number of benzene rings is 2. The summed E-state index contributed by atoms with van der Waals surface area (Å²) in [5.41, 5.74) is 0.887. The molecule has 3 aromatic rings. The van der Waals surface area contributed by atoms with Crippen LogP contribution in [0.3, 0.4) is 0 Å². The van der Waals surface area contributed by atoms with E-state index in [1.54, 1.807) is 37.3 Å². The number of nitrogens with zero attached hydrogens (tertiary/aromatic N) is 2. The predicted octanol–water partition coefficient (Wildman–Crippen LogP) is 3.68. The molecule has 0 aliphatic rings. The van der Waals surface area contributed by atoms with Crippen molar-refractivity contribution in [1.82, 2.24) is 14.9 Å². The van der Waals surface area contributed by atoms with E-state index in [1.165, 1.54) is 19.2 Å². The number of alkyl halides is 2. The van der Waals surface area contributed by atoms with Crippen molar-refractivity contribution in [2.24, 2.45) is 0 Å². The molecule has 0 saturated heterocycles. The van der Waals surface area contributed by atoms with Crippen LogP contribution in [0.25, 0.3) is 11.0 Å². The van der Waals surface area contributed by atoms with Crippen LogP contribution in [0.1, 0.15) is 35.6 Å². The summed E-state index contributed by atoms with van der Waals surface area (Å²) in [5, 5.41) is 12.6. The van der Waals surface area contributed by atoms with Gasteiger partial charge in [0, 0.05) is 18.5 Å². The van der Waals surface area contributed by atoms with E-state index in [0.29, 0.717) is 16.8 Å². The van der Waals surface area contributed by atoms with E-state index in [-0.39, 0.29) is 23.7 Å². The summed E-state index contributed by atoms with van der Waals surface area (Å²) in [6.45, 7) is -0.953. The molecular formula is C19H19F2N3O3. The number of hydrogen-bond donors (Lipinski definition) is 2. The van der Waals surface area contributed by atoms with E-state index in [0.717, 1.165) is 4.57 Å². The quantitative estimate of drug-likeness (QED) is 0.689. The van der Waals surface area contributed by atoms with Crippen molar-refractivity contribution in [3.8, 4) is 11.5 Å². The van der Waals surface area contributed by atoms with Crippen LogP contribution in [0.2, 0.25) is 0 Å². The van der Waals surface area contributed by atoms with Gasteiger partial charge in [0.2, 0.25) is 0 Å². The molecule has 2 aromatic carbocycles. The highest BCUT2D eigenvalue weighted by Gasteiger charge is 2.22. The number of phenols is 1. The summed E-state index contributed by atoms with van der Waals surface area (Å²) in [5.74, 6) is -0.592. The number of carbonyl (C=O) groups is 1. The van der Waals surface area contributed by atoms with Crippen LogP contribution >= 0.6 is 0 Å². The number of rotatable bonds is 6. The Bertz CT molecular complexity index is 972. The molecular weight excluding hydrogens is 356 g/mol. The van der Waals surface area contributed by atoms with Gasteiger partial charge in [-0.25, -0.2) is 4.98 Å². The molecule has 2 N–H and O–H groups in total. The Balaban J connectivity index is 1.78. The van der Waals surface area contributed by atoms with Crippen molar-refractivity contribution in [1.29, 1.82) is 0 Å². The number of amides is 1. The van der Waals surface area contributed by atoms with E-state index in [4.69, 9.17) is 4.74 Å². The van der Waals surface area contributed by atoms with E-state index in [9.17, 15) is 18.7 Å². The van der Waals surface area contributed by atoms with E-state index >= 15 is 0 Å². The molecule has 0 fully saturated rings. The van der Waals surface area contributed by atoms with Gasteiger partial charge in [0.1, 0.15) is 17.3 Å². The van der Waals surface area contributed by atoms with Crippen LogP contribution in [0.15, 0.2) is 42.5 Å². The second-order valence-corrected chi connectivity index (χ2v) is 6.10. The van der Waals surface area contributed by atoms with Crippen LogP contribution in [0.5, 0.6) is 11.5 Å². The van der Waals surface area contributed by atoms with Gasteiger partial charge in [-0.1, -0.05) is 19.1 Å². The average Bonchev–Trinajstić information content (AvgIpc) is 3.05. The van der Waals surface area contributed by atoms with Gasteiger partial charge in [-0.15, -0.1) is 0 Å². The molecule has 6 nitrogen and oxygen atoms in total. The number of ether oxygens (including phenoxy) is 1. The van der Waals surface area contributed by atoms with E-state index in [2.05, 4.69) is 10.3 Å². The fraction of sp³-hybridized carbons (Fsp3) is 0.263. The second-order valence-electron chi connectivity index (χ2n) is 6.10. The van der Waals surface area contributed by atoms with Gasteiger partial charge >= 0.3 is 6.55 Å². The molecule has 142 valence electrons. The smallest absolute Gasteiger partial charge is 0.320 e. The molecule has 0 bridgehead atoms. The summed E-state index contributed by atoms with van der Waals surface area (Å²) >= 11 is 0. The highest BCUT2D eigenvalue weighted by molar-refractivity contribution is 5.97. The fourth-order valence-corrected chi connectivity index (χ4v) is 2.88. The van der Waals surface area contributed by atoms with Gasteiger partial charge in [0.05, 0.1) is 23.7 Å². The minimum Gasteiger partial charge on any atom is -0.507 e. The van der Waals surface area contributed by atoms with Gasteiger partial charge in [0.25, 0.3) is 5.91 Å². The minimum atomic E-state index is -2.74. The summed E-state index contributed by atoms with van der Waals surface area (Å²) < 4.78 is 32.9. The van der Waals surface area contributed by atoms with E-state index < -0.39 is 18.4 Å². The number of imidazole rings is 1. The van der Waals surface area contributed by atoms with Crippen LogP contribution < -0.4 is 10.1 Å². The highest BCUT2D eigenvalue weighted by Crippen LogP contribution is 2.28. The molecule has 0 radical (unpaired) electrons. The van der Waals surface area contributed by atoms with Crippen molar-refractivity contribution in [2.75, 3.05) is 13.7 Å². The Labute approximate surface area is 154 Å². The number of aromatic nitrogens is 2. The zero-order valence-electron chi connectivity index (χ0n) is 14.8. The Morgan fingerprint density at radius 3 is 2.70 bits per heavy atom. The number of aromatic hydroxyl groups is 1. The summed E-state index contributed by atoms with van der Waals surface area (Å²) in [6.07, 6.45) is 0. The normalized spacial score (nSPS) is 12.3. The highest BCUT2D eigenvalue weighted by atomic mass is 19.3. The second kappa shape index (κ2) is 7.61. The fourth-order valence-electron chi connectivity index (χ4n) is 2.88. The lowest BCUT2D eigenvalue weighted by molar-refractivity contribution is 0.0704. The minimum absolute atomic E-state index is 0.0744. The monoisotopic (exact) mass is 375 g/mol. The molecule has 1 aromatic heterocycles. The van der Waals surface area contributed by atoms with Crippen LogP contribution in [-0.4, -0.2) is 34.2 Å². The van der Waals surface area contributed by atoms with Gasteiger partial charge in [-0.05, 0) is 24.3 Å². The molecule has 0 aliphatic heterocycles. The number of phenolic OH excluding ortho intramolecular Hbond substituents is 1. The number of methoxy groups -OCH3 is 1. The molecule has 8 heteroatoms. The summed E-state index contributed by atoms with van der Waals surface area (Å²) in [4.78, 5) is 16.6. The zero-order chi connectivity index (χ0) is 19.6. The van der Waals surface area contributed by atoms with Gasteiger partial charge in [-0.3, -0.25) is 9.36 Å². The molecule has 1 amide bonds. The first-order valence-corrected chi connectivity index (χ1v) is 8.32. The maximum atomic E-state index is 13.5. The van der Waals surface area contributed by atoms with Crippen molar-refractivity contribution in [3.05, 3.63) is 53.9 Å². The first-order valence-electron chi connectivity index (χ1n) is 8.32. The lowest BCUT2D eigenvalue weighted by atomic mass is 10.1. The maximum absolute atomic E-state index is 13.5. The van der Waals surface area contributed by atoms with Crippen molar-refractivity contribution < 1.29 is 23.4 Å². The molecule has 0 aliphatic carbocycles. The molecule has 1 heterocycles. The lowest BCUT2D eigenvalue weighted by Gasteiger charge is -2.15. The van der Waals surface area contributed by atoms with Crippen LogP contribution in [0.4, 0.5) is 8.78 Å². The van der Waals surface area contributed by atoms with Crippen LogP contribution in [0, 0.1) is 0 Å². The largest absolute Gasteiger partial charge is 0.507 e. The number of halogens is 2. The third-order valence-corrected chi connectivity index (χ3v) is 4.28. The summed E-state index contributed by atoms with van der Waals surface area (Å²) in [7, 11) is 1.45. The number of para-hydroxylation sites is 2. The third kappa shape index (κ3) is 3.69. The number of hydrogen-bond acceptors (Lipinski definition) is 4.